The van der Waals surface area contributed by atoms with Gasteiger partial charge in [0.15, 0.2) is 0 Å². The van der Waals surface area contributed by atoms with Gasteiger partial charge in [-0.3, -0.25) is 4.79 Å². The van der Waals surface area contributed by atoms with Crippen LogP contribution in [0.5, 0.6) is 0 Å². The minimum atomic E-state index is 0.154. The maximum atomic E-state index is 11.3. The number of hydrogen-bond donors (Lipinski definition) is 1. The van der Waals surface area contributed by atoms with Crippen molar-refractivity contribution in [3.05, 3.63) is 29.8 Å². The largest absolute Gasteiger partial charge is 0.356 e. The Balaban J connectivity index is 2.20. The van der Waals surface area contributed by atoms with Gasteiger partial charge in [0.1, 0.15) is 0 Å². The Morgan fingerprint density at radius 1 is 1.31 bits per heavy atom. The van der Waals surface area contributed by atoms with Crippen LogP contribution in [-0.2, 0) is 4.79 Å². The second-order valence-electron chi connectivity index (χ2n) is 3.76. The van der Waals surface area contributed by atoms with E-state index >= 15 is 0 Å². The molecule has 0 aromatic heterocycles. The number of hydrogen-bond acceptors (Lipinski definition) is 2. The molecule has 0 heterocycles. The summed E-state index contributed by atoms with van der Waals surface area (Å²) in [4.78, 5) is 12.6. The SMILES string of the molecule is CCCNC(=O)CCSc1ccc(C)cc1. The van der Waals surface area contributed by atoms with E-state index in [2.05, 4.69) is 43.4 Å². The molecule has 16 heavy (non-hydrogen) atoms. The summed E-state index contributed by atoms with van der Waals surface area (Å²) in [7, 11) is 0. The van der Waals surface area contributed by atoms with E-state index in [4.69, 9.17) is 0 Å². The van der Waals surface area contributed by atoms with E-state index in [0.717, 1.165) is 18.7 Å². The Morgan fingerprint density at radius 2 is 2.00 bits per heavy atom. The van der Waals surface area contributed by atoms with E-state index < -0.39 is 0 Å². The lowest BCUT2D eigenvalue weighted by molar-refractivity contribution is -0.120. The number of amides is 1. The van der Waals surface area contributed by atoms with Gasteiger partial charge < -0.3 is 5.32 Å². The van der Waals surface area contributed by atoms with Crippen LogP contribution in [0.4, 0.5) is 0 Å². The van der Waals surface area contributed by atoms with Gasteiger partial charge in [-0.25, -0.2) is 0 Å². The van der Waals surface area contributed by atoms with Crippen molar-refractivity contribution in [2.24, 2.45) is 0 Å². The summed E-state index contributed by atoms with van der Waals surface area (Å²) < 4.78 is 0. The van der Waals surface area contributed by atoms with Crippen LogP contribution in [0.15, 0.2) is 29.2 Å². The van der Waals surface area contributed by atoms with E-state index in [1.54, 1.807) is 11.8 Å². The molecule has 1 N–H and O–H groups in total. The van der Waals surface area contributed by atoms with Crippen LogP contribution in [0.2, 0.25) is 0 Å². The topological polar surface area (TPSA) is 29.1 Å². The Kier molecular flexibility index (Phi) is 6.01. The van der Waals surface area contributed by atoms with E-state index in [9.17, 15) is 4.79 Å². The minimum Gasteiger partial charge on any atom is -0.356 e. The van der Waals surface area contributed by atoms with Crippen molar-refractivity contribution in [2.45, 2.75) is 31.6 Å². The molecular formula is C13H19NOS. The number of carbonyl (C=O) groups is 1. The summed E-state index contributed by atoms with van der Waals surface area (Å²) in [6.45, 7) is 4.92. The molecule has 1 aromatic rings. The average Bonchev–Trinajstić information content (AvgIpc) is 2.29. The molecule has 0 aliphatic carbocycles. The van der Waals surface area contributed by atoms with Crippen LogP contribution in [0.3, 0.4) is 0 Å². The number of nitrogens with one attached hydrogen (secondary N) is 1. The van der Waals surface area contributed by atoms with Crippen molar-refractivity contribution in [1.82, 2.24) is 5.32 Å². The second kappa shape index (κ2) is 7.34. The summed E-state index contributed by atoms with van der Waals surface area (Å²) in [5, 5.41) is 2.88. The molecule has 0 radical (unpaired) electrons. The van der Waals surface area contributed by atoms with Gasteiger partial charge in [0.25, 0.3) is 0 Å². The quantitative estimate of drug-likeness (QED) is 0.771. The molecule has 0 aliphatic heterocycles. The number of aryl methyl sites for hydroxylation is 1. The predicted molar refractivity (Wildman–Crippen MR) is 69.8 cm³/mol. The van der Waals surface area contributed by atoms with Crippen molar-refractivity contribution in [2.75, 3.05) is 12.3 Å². The third-order valence-electron chi connectivity index (χ3n) is 2.19. The normalized spacial score (nSPS) is 10.1. The lowest BCUT2D eigenvalue weighted by atomic mass is 10.2. The Hall–Kier alpha value is -0.960. The van der Waals surface area contributed by atoms with Crippen molar-refractivity contribution in [1.29, 1.82) is 0 Å². The molecule has 0 atom stereocenters. The van der Waals surface area contributed by atoms with Crippen LogP contribution in [0.25, 0.3) is 0 Å². The molecule has 0 saturated heterocycles. The molecule has 0 spiro atoms. The summed E-state index contributed by atoms with van der Waals surface area (Å²) in [5.41, 5.74) is 1.27. The number of carbonyl (C=O) groups excluding carboxylic acids is 1. The first-order valence-corrected chi connectivity index (χ1v) is 6.67. The zero-order valence-corrected chi connectivity index (χ0v) is 10.8. The fraction of sp³-hybridized carbons (Fsp3) is 0.462. The van der Waals surface area contributed by atoms with Gasteiger partial charge in [0.2, 0.25) is 5.91 Å². The van der Waals surface area contributed by atoms with E-state index in [1.165, 1.54) is 10.5 Å². The molecular weight excluding hydrogens is 218 g/mol. The van der Waals surface area contributed by atoms with Crippen molar-refractivity contribution >= 4 is 17.7 Å². The summed E-state index contributed by atoms with van der Waals surface area (Å²) in [6, 6.07) is 8.40. The van der Waals surface area contributed by atoms with E-state index in [0.29, 0.717) is 6.42 Å². The van der Waals surface area contributed by atoms with Crippen molar-refractivity contribution in [3.8, 4) is 0 Å². The number of benzene rings is 1. The maximum absolute atomic E-state index is 11.3. The van der Waals surface area contributed by atoms with Crippen LogP contribution in [0.1, 0.15) is 25.3 Å². The highest BCUT2D eigenvalue weighted by Crippen LogP contribution is 2.18. The molecule has 1 rings (SSSR count). The molecule has 1 aromatic carbocycles. The second-order valence-corrected chi connectivity index (χ2v) is 4.93. The molecule has 0 aliphatic rings. The molecule has 88 valence electrons. The zero-order chi connectivity index (χ0) is 11.8. The van der Waals surface area contributed by atoms with E-state index in [1.807, 2.05) is 0 Å². The number of rotatable bonds is 6. The van der Waals surface area contributed by atoms with Crippen LogP contribution in [0, 0.1) is 6.92 Å². The Morgan fingerprint density at radius 3 is 2.62 bits per heavy atom. The highest BCUT2D eigenvalue weighted by molar-refractivity contribution is 7.99. The summed E-state index contributed by atoms with van der Waals surface area (Å²) in [6.07, 6.45) is 1.59. The molecule has 0 bridgehead atoms. The lowest BCUT2D eigenvalue weighted by Crippen LogP contribution is -2.24. The monoisotopic (exact) mass is 237 g/mol. The van der Waals surface area contributed by atoms with Gasteiger partial charge in [0.05, 0.1) is 0 Å². The smallest absolute Gasteiger partial charge is 0.220 e. The van der Waals surface area contributed by atoms with Crippen LogP contribution < -0.4 is 5.32 Å². The molecule has 1 amide bonds. The Bertz CT molecular complexity index is 321. The molecule has 0 saturated carbocycles. The fourth-order valence-corrected chi connectivity index (χ4v) is 2.10. The fourth-order valence-electron chi connectivity index (χ4n) is 1.25. The predicted octanol–water partition coefficient (Wildman–Crippen LogP) is 3.00. The number of thioether (sulfide) groups is 1. The van der Waals surface area contributed by atoms with Gasteiger partial charge in [0, 0.05) is 23.6 Å². The van der Waals surface area contributed by atoms with Crippen LogP contribution in [-0.4, -0.2) is 18.2 Å². The summed E-state index contributed by atoms with van der Waals surface area (Å²) >= 11 is 1.73. The van der Waals surface area contributed by atoms with Gasteiger partial charge in [-0.1, -0.05) is 24.6 Å². The third-order valence-corrected chi connectivity index (χ3v) is 3.20. The summed E-state index contributed by atoms with van der Waals surface area (Å²) in [5.74, 6) is 1.000. The van der Waals surface area contributed by atoms with Gasteiger partial charge in [-0.05, 0) is 25.5 Å². The van der Waals surface area contributed by atoms with Gasteiger partial charge in [-0.2, -0.15) is 0 Å². The van der Waals surface area contributed by atoms with E-state index in [-0.39, 0.29) is 5.91 Å². The van der Waals surface area contributed by atoms with Gasteiger partial charge in [-0.15, -0.1) is 11.8 Å². The Labute approximate surface area is 102 Å². The maximum Gasteiger partial charge on any atom is 0.220 e. The standard InChI is InChI=1S/C13H19NOS/c1-3-9-14-13(15)8-10-16-12-6-4-11(2)5-7-12/h4-7H,3,8-10H2,1-2H3,(H,14,15). The third kappa shape index (κ3) is 5.21. The minimum absolute atomic E-state index is 0.154. The zero-order valence-electron chi connectivity index (χ0n) is 9.95. The highest BCUT2D eigenvalue weighted by atomic mass is 32.2. The van der Waals surface area contributed by atoms with Gasteiger partial charge >= 0.3 is 0 Å². The molecule has 3 heteroatoms. The molecule has 0 fully saturated rings. The molecule has 0 unspecified atom stereocenters. The average molecular weight is 237 g/mol. The highest BCUT2D eigenvalue weighted by Gasteiger charge is 2.00. The van der Waals surface area contributed by atoms with Crippen molar-refractivity contribution < 1.29 is 4.79 Å². The first-order chi connectivity index (χ1) is 7.72. The molecule has 2 nitrogen and oxygen atoms in total. The van der Waals surface area contributed by atoms with Crippen molar-refractivity contribution in [3.63, 3.8) is 0 Å². The first kappa shape index (κ1) is 13.1. The lowest BCUT2D eigenvalue weighted by Gasteiger charge is -2.03. The van der Waals surface area contributed by atoms with Crippen LogP contribution >= 0.6 is 11.8 Å². The first-order valence-electron chi connectivity index (χ1n) is 5.68.